The second-order valence-electron chi connectivity index (χ2n) is 12.4. The number of benzene rings is 2. The Kier molecular flexibility index (Phi) is 9.27. The Hall–Kier alpha value is -2.70. The summed E-state index contributed by atoms with van der Waals surface area (Å²) in [7, 11) is 0. The van der Waals surface area contributed by atoms with Crippen LogP contribution in [0.5, 0.6) is 11.5 Å². The van der Waals surface area contributed by atoms with Crippen LogP contribution in [0.2, 0.25) is 0 Å². The van der Waals surface area contributed by atoms with Gasteiger partial charge in [0.05, 0.1) is 13.2 Å². The van der Waals surface area contributed by atoms with E-state index in [4.69, 9.17) is 14.2 Å². The van der Waals surface area contributed by atoms with Crippen molar-refractivity contribution >= 4 is 11.8 Å². The van der Waals surface area contributed by atoms with Gasteiger partial charge in [-0.1, -0.05) is 37.3 Å². The molecule has 1 saturated carbocycles. The number of nitrogens with zero attached hydrogens (tertiary/aromatic N) is 1. The van der Waals surface area contributed by atoms with Crippen molar-refractivity contribution in [3.63, 3.8) is 0 Å². The minimum atomic E-state index is -0.382. The first kappa shape index (κ1) is 28.8. The predicted octanol–water partition coefficient (Wildman–Crippen LogP) is 6.45. The molecule has 6 heteroatoms. The van der Waals surface area contributed by atoms with Gasteiger partial charge >= 0.3 is 5.97 Å². The molecule has 2 fully saturated rings. The molecule has 40 heavy (non-hydrogen) atoms. The van der Waals surface area contributed by atoms with Crippen LogP contribution in [0.1, 0.15) is 94.2 Å². The molecule has 2 heterocycles. The average molecular weight is 548 g/mol. The van der Waals surface area contributed by atoms with Crippen molar-refractivity contribution in [2.75, 3.05) is 32.8 Å². The molecule has 1 aliphatic carbocycles. The van der Waals surface area contributed by atoms with Gasteiger partial charge in [-0.3, -0.25) is 14.5 Å². The zero-order valence-electron chi connectivity index (χ0n) is 24.5. The Balaban J connectivity index is 1.35. The van der Waals surface area contributed by atoms with Crippen LogP contribution in [0, 0.1) is 5.92 Å². The molecule has 0 aromatic heterocycles. The SMILES string of the molecule is CC(CCCc1ccccc1)c1cc(OC(=O)CCCN2CCOCC2)c2c(c1)OC(C)(C)C1CCC(=O)CC21. The van der Waals surface area contributed by atoms with Gasteiger partial charge in [0.1, 0.15) is 22.9 Å². The van der Waals surface area contributed by atoms with E-state index in [0.717, 1.165) is 81.8 Å². The van der Waals surface area contributed by atoms with Gasteiger partial charge in [0.25, 0.3) is 0 Å². The van der Waals surface area contributed by atoms with Crippen LogP contribution >= 0.6 is 0 Å². The van der Waals surface area contributed by atoms with Gasteiger partial charge in [-0.05, 0) is 81.7 Å². The van der Waals surface area contributed by atoms with Crippen LogP contribution in [0.4, 0.5) is 0 Å². The maximum Gasteiger partial charge on any atom is 0.311 e. The lowest BCUT2D eigenvalue weighted by molar-refractivity contribution is -0.134. The second-order valence-corrected chi connectivity index (χ2v) is 12.4. The van der Waals surface area contributed by atoms with E-state index < -0.39 is 0 Å². The number of esters is 1. The smallest absolute Gasteiger partial charge is 0.311 e. The van der Waals surface area contributed by atoms with Gasteiger partial charge in [-0.25, -0.2) is 0 Å². The molecule has 6 nitrogen and oxygen atoms in total. The number of ketones is 1. The molecule has 3 unspecified atom stereocenters. The lowest BCUT2D eigenvalue weighted by Gasteiger charge is -2.47. The fraction of sp³-hybridized carbons (Fsp3) is 0.588. The third-order valence-electron chi connectivity index (χ3n) is 9.13. The summed E-state index contributed by atoms with van der Waals surface area (Å²) in [6, 6.07) is 14.8. The summed E-state index contributed by atoms with van der Waals surface area (Å²) in [4.78, 5) is 28.1. The molecule has 0 bridgehead atoms. The van der Waals surface area contributed by atoms with Gasteiger partial charge in [-0.2, -0.15) is 0 Å². The van der Waals surface area contributed by atoms with Crippen LogP contribution in [0.3, 0.4) is 0 Å². The van der Waals surface area contributed by atoms with E-state index in [2.05, 4.69) is 68.1 Å². The molecule has 3 atom stereocenters. The first-order valence-corrected chi connectivity index (χ1v) is 15.2. The van der Waals surface area contributed by atoms with E-state index >= 15 is 0 Å². The van der Waals surface area contributed by atoms with E-state index in [1.165, 1.54) is 5.56 Å². The van der Waals surface area contributed by atoms with Crippen molar-refractivity contribution in [1.29, 1.82) is 0 Å². The lowest BCUT2D eigenvalue weighted by atomic mass is 9.66. The van der Waals surface area contributed by atoms with E-state index in [0.29, 0.717) is 25.0 Å². The molecule has 216 valence electrons. The quantitative estimate of drug-likeness (QED) is 0.251. The maximum atomic E-state index is 13.1. The fourth-order valence-electron chi connectivity index (χ4n) is 6.81. The van der Waals surface area contributed by atoms with Crippen molar-refractivity contribution in [1.82, 2.24) is 4.90 Å². The first-order chi connectivity index (χ1) is 19.3. The number of hydrogen-bond donors (Lipinski definition) is 0. The maximum absolute atomic E-state index is 13.1. The van der Waals surface area contributed by atoms with Gasteiger partial charge < -0.3 is 14.2 Å². The molecule has 0 amide bonds. The summed E-state index contributed by atoms with van der Waals surface area (Å²) in [5.41, 5.74) is 3.01. The highest BCUT2D eigenvalue weighted by molar-refractivity contribution is 5.81. The van der Waals surface area contributed by atoms with Crippen LogP contribution in [0.15, 0.2) is 42.5 Å². The van der Waals surface area contributed by atoms with Crippen LogP contribution < -0.4 is 9.47 Å². The van der Waals surface area contributed by atoms with Crippen LogP contribution in [-0.2, 0) is 20.7 Å². The standard InChI is InChI=1S/C34H45NO5/c1-24(9-7-12-25-10-5-4-6-11-25)26-21-30(39-32(37)13-8-16-35-17-19-38-20-18-35)33-28-23-27(36)14-15-29(28)34(2,3)40-31(33)22-26/h4-6,10-11,21-22,24,28-29H,7-9,12-20,23H2,1-3H3. The minimum absolute atomic E-state index is 0.0126. The summed E-state index contributed by atoms with van der Waals surface area (Å²) >= 11 is 0. The molecule has 1 saturated heterocycles. The zero-order valence-corrected chi connectivity index (χ0v) is 24.5. The Morgan fingerprint density at radius 1 is 1.12 bits per heavy atom. The molecule has 0 N–H and O–H groups in total. The van der Waals surface area contributed by atoms with Gasteiger partial charge in [-0.15, -0.1) is 0 Å². The highest BCUT2D eigenvalue weighted by Gasteiger charge is 2.48. The summed E-state index contributed by atoms with van der Waals surface area (Å²) in [6.45, 7) is 10.7. The first-order valence-electron chi connectivity index (χ1n) is 15.2. The van der Waals surface area contributed by atoms with Crippen LogP contribution in [0.25, 0.3) is 0 Å². The molecule has 2 aromatic carbocycles. The number of carbonyl (C=O) groups is 2. The van der Waals surface area contributed by atoms with E-state index in [-0.39, 0.29) is 35.1 Å². The molecule has 2 aromatic rings. The highest BCUT2D eigenvalue weighted by atomic mass is 16.5. The monoisotopic (exact) mass is 547 g/mol. The number of morpholine rings is 1. The summed E-state index contributed by atoms with van der Waals surface area (Å²) < 4.78 is 18.2. The highest BCUT2D eigenvalue weighted by Crippen LogP contribution is 2.54. The molecule has 0 radical (unpaired) electrons. The molecule has 0 spiro atoms. The average Bonchev–Trinajstić information content (AvgIpc) is 2.93. The van der Waals surface area contributed by atoms with Gasteiger partial charge in [0.15, 0.2) is 0 Å². The molecular formula is C34H45NO5. The van der Waals surface area contributed by atoms with Gasteiger partial charge in [0.2, 0.25) is 0 Å². The largest absolute Gasteiger partial charge is 0.487 e. The Bertz CT molecular complexity index is 1170. The van der Waals surface area contributed by atoms with Crippen molar-refractivity contribution in [2.24, 2.45) is 5.92 Å². The number of Topliss-reactive ketones (excluding diaryl/α,β-unsaturated/α-hetero) is 1. The number of rotatable bonds is 10. The minimum Gasteiger partial charge on any atom is -0.487 e. The van der Waals surface area contributed by atoms with E-state index in [1.807, 2.05) is 0 Å². The van der Waals surface area contributed by atoms with Crippen molar-refractivity contribution in [2.45, 2.75) is 89.6 Å². The Morgan fingerprint density at radius 2 is 1.90 bits per heavy atom. The number of aryl methyl sites for hydroxylation is 1. The molecule has 3 aliphatic rings. The Morgan fingerprint density at radius 3 is 2.67 bits per heavy atom. The summed E-state index contributed by atoms with van der Waals surface area (Å²) in [5.74, 6) is 1.96. The number of fused-ring (bicyclic) bond motifs is 3. The molecule has 2 aliphatic heterocycles. The fourth-order valence-corrected chi connectivity index (χ4v) is 6.81. The molecular weight excluding hydrogens is 502 g/mol. The van der Waals surface area contributed by atoms with E-state index in [1.54, 1.807) is 0 Å². The van der Waals surface area contributed by atoms with Gasteiger partial charge in [0, 0.05) is 49.8 Å². The number of hydrogen-bond acceptors (Lipinski definition) is 6. The van der Waals surface area contributed by atoms with Crippen molar-refractivity contribution in [3.05, 3.63) is 59.2 Å². The number of carbonyl (C=O) groups excluding carboxylic acids is 2. The van der Waals surface area contributed by atoms with E-state index in [9.17, 15) is 9.59 Å². The Labute approximate surface area is 239 Å². The summed E-state index contributed by atoms with van der Waals surface area (Å²) in [5, 5.41) is 0. The normalized spacial score (nSPS) is 23.0. The topological polar surface area (TPSA) is 65.1 Å². The van der Waals surface area contributed by atoms with Crippen LogP contribution in [-0.4, -0.2) is 55.1 Å². The third-order valence-corrected chi connectivity index (χ3v) is 9.13. The lowest BCUT2D eigenvalue weighted by Crippen LogP contribution is -2.47. The number of ether oxygens (including phenoxy) is 3. The zero-order chi connectivity index (χ0) is 28.1. The summed E-state index contributed by atoms with van der Waals surface area (Å²) in [6.07, 6.45) is 6.14. The van der Waals surface area contributed by atoms with Crippen molar-refractivity contribution in [3.8, 4) is 11.5 Å². The second kappa shape index (κ2) is 12.9. The third kappa shape index (κ3) is 6.95. The predicted molar refractivity (Wildman–Crippen MR) is 156 cm³/mol. The molecule has 5 rings (SSSR count). The van der Waals surface area contributed by atoms with Crippen molar-refractivity contribution < 1.29 is 23.8 Å².